The second kappa shape index (κ2) is 16.2. The number of aryl methyl sites for hydroxylation is 1. The maximum atomic E-state index is 6.48. The van der Waals surface area contributed by atoms with Gasteiger partial charge in [0.05, 0.1) is 11.4 Å². The van der Waals surface area contributed by atoms with Crippen molar-refractivity contribution in [1.82, 2.24) is 0 Å². The van der Waals surface area contributed by atoms with Crippen LogP contribution in [0.1, 0.15) is 112 Å². The number of benzene rings is 9. The molecule has 2 heterocycles. The summed E-state index contributed by atoms with van der Waals surface area (Å²) in [6.45, 7) is 9.09. The molecule has 0 atom stereocenters. The van der Waals surface area contributed by atoms with Crippen molar-refractivity contribution in [3.8, 4) is 0 Å². The standard InChI is InChI=1S/C64H56N2O2/c1-39(2)41-18-24-47(25-19-41)65(49-28-32-61-55(36-49)51-14-8-10-16-59(51)67-61)57-38-58(54-31-23-45-35-46(43-12-6-5-7-13-43)34-44-22-30-53(57)64(54)63(44)45)66(48-26-20-42(21-27-48)40(3)4)50-29-33-62-56(37-50)52-15-9-11-17-60(52)68-62/h8,10-11,14,16-40,43H,5-7,9,12-13,15H2,1-4H3. The van der Waals surface area contributed by atoms with Gasteiger partial charge in [-0.05, 0) is 155 Å². The van der Waals surface area contributed by atoms with E-state index in [-0.39, 0.29) is 0 Å². The lowest BCUT2D eigenvalue weighted by atomic mass is 9.82. The number of allylic oxidation sites excluding steroid dienone is 1. The van der Waals surface area contributed by atoms with Crippen molar-refractivity contribution < 1.29 is 8.83 Å². The van der Waals surface area contributed by atoms with E-state index in [2.05, 4.69) is 201 Å². The number of hydrogen-bond donors (Lipinski definition) is 0. The maximum Gasteiger partial charge on any atom is 0.135 e. The third-order valence-electron chi connectivity index (χ3n) is 15.4. The highest BCUT2D eigenvalue weighted by Gasteiger charge is 2.27. The molecule has 0 aliphatic heterocycles. The van der Waals surface area contributed by atoms with Crippen LogP contribution in [-0.4, -0.2) is 0 Å². The summed E-state index contributed by atoms with van der Waals surface area (Å²) in [6.07, 6.45) is 12.9. The minimum Gasteiger partial charge on any atom is -0.456 e. The summed E-state index contributed by atoms with van der Waals surface area (Å²) in [7, 11) is 0. The number of nitrogens with zero attached hydrogens (tertiary/aromatic N) is 2. The van der Waals surface area contributed by atoms with E-state index in [1.165, 1.54) is 92.1 Å². The predicted molar refractivity (Wildman–Crippen MR) is 288 cm³/mol. The van der Waals surface area contributed by atoms with Crippen molar-refractivity contribution in [3.63, 3.8) is 0 Å². The summed E-state index contributed by atoms with van der Waals surface area (Å²) < 4.78 is 12.9. The largest absolute Gasteiger partial charge is 0.456 e. The average molecular weight is 885 g/mol. The van der Waals surface area contributed by atoms with Crippen LogP contribution < -0.4 is 9.80 Å². The van der Waals surface area contributed by atoms with Crippen LogP contribution in [0.5, 0.6) is 0 Å². The van der Waals surface area contributed by atoms with Crippen molar-refractivity contribution in [2.75, 3.05) is 9.80 Å². The van der Waals surface area contributed by atoms with Gasteiger partial charge in [0.25, 0.3) is 0 Å². The van der Waals surface area contributed by atoms with Crippen molar-refractivity contribution in [1.29, 1.82) is 0 Å². The van der Waals surface area contributed by atoms with Gasteiger partial charge in [0, 0.05) is 60.6 Å². The van der Waals surface area contributed by atoms with E-state index in [0.717, 1.165) is 80.2 Å². The molecule has 0 radical (unpaired) electrons. The van der Waals surface area contributed by atoms with Crippen LogP contribution in [0.3, 0.4) is 0 Å². The van der Waals surface area contributed by atoms with E-state index >= 15 is 0 Å². The first kappa shape index (κ1) is 40.9. The fourth-order valence-electron chi connectivity index (χ4n) is 11.8. The van der Waals surface area contributed by atoms with Gasteiger partial charge in [0.15, 0.2) is 0 Å². The summed E-state index contributed by atoms with van der Waals surface area (Å²) in [4.78, 5) is 5.01. The summed E-state index contributed by atoms with van der Waals surface area (Å²) in [5.41, 5.74) is 14.8. The van der Waals surface area contributed by atoms with Gasteiger partial charge in [0.2, 0.25) is 0 Å². The van der Waals surface area contributed by atoms with E-state index < -0.39 is 0 Å². The van der Waals surface area contributed by atoms with Gasteiger partial charge in [-0.1, -0.05) is 132 Å². The van der Waals surface area contributed by atoms with E-state index in [1.807, 2.05) is 0 Å². The molecule has 2 aliphatic rings. The summed E-state index contributed by atoms with van der Waals surface area (Å²) in [5.74, 6) is 2.42. The SMILES string of the molecule is CC(C)c1ccc(N(c2ccc3oc4c(c3c2)CCC=C4)c2cc(N(c3ccc(C(C)C)cc3)c3ccc4oc5ccccc5c4c3)c3ccc4cc(C5CCCCC5)cc5ccc2c3c54)cc1. The minimum atomic E-state index is 0.413. The Balaban J connectivity index is 1.13. The average Bonchev–Trinajstić information content (AvgIpc) is 3.94. The third kappa shape index (κ3) is 6.71. The van der Waals surface area contributed by atoms with E-state index in [9.17, 15) is 0 Å². The maximum absolute atomic E-state index is 6.48. The summed E-state index contributed by atoms with van der Waals surface area (Å²) in [5, 5.41) is 11.1. The van der Waals surface area contributed by atoms with Crippen LogP contribution in [0.2, 0.25) is 0 Å². The smallest absolute Gasteiger partial charge is 0.135 e. The van der Waals surface area contributed by atoms with Crippen LogP contribution in [0.15, 0.2) is 167 Å². The van der Waals surface area contributed by atoms with E-state index in [1.54, 1.807) is 0 Å². The van der Waals surface area contributed by atoms with Gasteiger partial charge in [0.1, 0.15) is 22.5 Å². The Labute approximate surface area is 398 Å². The lowest BCUT2D eigenvalue weighted by Crippen LogP contribution is -2.15. The van der Waals surface area contributed by atoms with Crippen molar-refractivity contribution in [3.05, 3.63) is 186 Å². The quantitative estimate of drug-likeness (QED) is 0.135. The minimum absolute atomic E-state index is 0.413. The Hall–Kier alpha value is -7.30. The van der Waals surface area contributed by atoms with Crippen molar-refractivity contribution in [2.45, 2.75) is 90.4 Å². The van der Waals surface area contributed by atoms with Crippen molar-refractivity contribution in [2.24, 2.45) is 0 Å². The fraction of sp³-hybridized carbons (Fsp3) is 0.219. The molecule has 0 amide bonds. The number of anilines is 6. The lowest BCUT2D eigenvalue weighted by molar-refractivity contribution is 0.444. The molecule has 0 bridgehead atoms. The van der Waals surface area contributed by atoms with Crippen LogP contribution >= 0.6 is 0 Å². The number of rotatable bonds is 9. The molecule has 0 N–H and O–H groups in total. The lowest BCUT2D eigenvalue weighted by Gasteiger charge is -2.33. The topological polar surface area (TPSA) is 32.8 Å². The highest BCUT2D eigenvalue weighted by atomic mass is 16.3. The first-order valence-corrected chi connectivity index (χ1v) is 25.0. The molecule has 11 aromatic rings. The molecule has 1 fully saturated rings. The molecule has 68 heavy (non-hydrogen) atoms. The summed E-state index contributed by atoms with van der Waals surface area (Å²) >= 11 is 0. The Bertz CT molecular complexity index is 3710. The van der Waals surface area contributed by atoms with Crippen molar-refractivity contribution >= 4 is 105 Å². The zero-order valence-electron chi connectivity index (χ0n) is 39.5. The monoisotopic (exact) mass is 884 g/mol. The fourth-order valence-corrected chi connectivity index (χ4v) is 11.8. The van der Waals surface area contributed by atoms with Crippen LogP contribution in [0.25, 0.3) is 71.3 Å². The molecule has 0 saturated heterocycles. The predicted octanol–water partition coefficient (Wildman–Crippen LogP) is 19.4. The van der Waals surface area contributed by atoms with Gasteiger partial charge < -0.3 is 18.6 Å². The highest BCUT2D eigenvalue weighted by molar-refractivity contribution is 6.29. The van der Waals surface area contributed by atoms with Gasteiger partial charge >= 0.3 is 0 Å². The second-order valence-corrected chi connectivity index (χ2v) is 20.2. The Kier molecular flexibility index (Phi) is 9.75. The molecule has 9 aromatic carbocycles. The molecule has 0 unspecified atom stereocenters. The Morgan fingerprint density at radius 3 is 1.65 bits per heavy atom. The third-order valence-corrected chi connectivity index (χ3v) is 15.4. The van der Waals surface area contributed by atoms with Crippen LogP contribution in [0.4, 0.5) is 34.1 Å². The molecule has 13 rings (SSSR count). The number of para-hydroxylation sites is 1. The molecule has 0 spiro atoms. The number of fused-ring (bicyclic) bond motifs is 6. The van der Waals surface area contributed by atoms with Gasteiger partial charge in [-0.2, -0.15) is 0 Å². The molecule has 2 aliphatic carbocycles. The normalized spacial score (nSPS) is 14.5. The second-order valence-electron chi connectivity index (χ2n) is 20.2. The van der Waals surface area contributed by atoms with Crippen LogP contribution in [0, 0.1) is 0 Å². The zero-order valence-corrected chi connectivity index (χ0v) is 39.5. The van der Waals surface area contributed by atoms with Gasteiger partial charge in [-0.3, -0.25) is 0 Å². The first-order valence-electron chi connectivity index (χ1n) is 25.0. The van der Waals surface area contributed by atoms with Gasteiger partial charge in [-0.15, -0.1) is 0 Å². The van der Waals surface area contributed by atoms with E-state index in [4.69, 9.17) is 8.83 Å². The number of hydrogen-bond acceptors (Lipinski definition) is 4. The Morgan fingerprint density at radius 1 is 0.471 bits per heavy atom. The van der Waals surface area contributed by atoms with Crippen LogP contribution in [-0.2, 0) is 6.42 Å². The number of furan rings is 2. The molecule has 4 heteroatoms. The molecule has 1 saturated carbocycles. The highest BCUT2D eigenvalue weighted by Crippen LogP contribution is 2.52. The molecule has 2 aromatic heterocycles. The molecular formula is C64H56N2O2. The molecule has 4 nitrogen and oxygen atoms in total. The van der Waals surface area contributed by atoms with Gasteiger partial charge in [-0.25, -0.2) is 0 Å². The Morgan fingerprint density at radius 2 is 1.03 bits per heavy atom. The molecular weight excluding hydrogens is 829 g/mol. The zero-order chi connectivity index (χ0) is 45.6. The molecule has 334 valence electrons. The van der Waals surface area contributed by atoms with E-state index in [0.29, 0.717) is 17.8 Å². The summed E-state index contributed by atoms with van der Waals surface area (Å²) in [6, 6.07) is 57.6. The first-order chi connectivity index (χ1) is 33.3.